The molecule has 0 aromatic heterocycles. The molecule has 0 fully saturated rings. The summed E-state index contributed by atoms with van der Waals surface area (Å²) < 4.78 is 5.42. The van der Waals surface area contributed by atoms with Crippen LogP contribution in [-0.2, 0) is 0 Å². The van der Waals surface area contributed by atoms with E-state index in [0.717, 1.165) is 22.7 Å². The number of methoxy groups -OCH3 is 1. The fourth-order valence-electron chi connectivity index (χ4n) is 2.36. The Kier molecular flexibility index (Phi) is 4.46. The molecule has 0 bridgehead atoms. The van der Waals surface area contributed by atoms with Crippen molar-refractivity contribution in [2.45, 2.75) is 13.0 Å². The Morgan fingerprint density at radius 1 is 1.19 bits per heavy atom. The van der Waals surface area contributed by atoms with Crippen molar-refractivity contribution in [3.63, 3.8) is 0 Å². The van der Waals surface area contributed by atoms with Crippen LogP contribution in [0.4, 0.5) is 11.4 Å². The maximum atomic E-state index is 8.87. The molecule has 0 aliphatic carbocycles. The van der Waals surface area contributed by atoms with Crippen molar-refractivity contribution in [1.29, 1.82) is 5.26 Å². The number of nitrogens with zero attached hydrogens (tertiary/aromatic N) is 2. The van der Waals surface area contributed by atoms with Crippen molar-refractivity contribution in [1.82, 2.24) is 0 Å². The van der Waals surface area contributed by atoms with Crippen molar-refractivity contribution in [2.75, 3.05) is 19.1 Å². The molecule has 0 unspecified atom stereocenters. The second kappa shape index (κ2) is 6.29. The lowest BCUT2D eigenvalue weighted by molar-refractivity contribution is 0.407. The number of nitrogens with two attached hydrogens (primary N) is 1. The molecule has 0 saturated heterocycles. The van der Waals surface area contributed by atoms with Crippen LogP contribution in [0.1, 0.15) is 24.1 Å². The molecule has 2 rings (SSSR count). The van der Waals surface area contributed by atoms with E-state index in [2.05, 4.69) is 6.07 Å². The zero-order valence-corrected chi connectivity index (χ0v) is 12.5. The Hall–Kier alpha value is -2.51. The van der Waals surface area contributed by atoms with E-state index in [4.69, 9.17) is 15.7 Å². The van der Waals surface area contributed by atoms with Gasteiger partial charge in [-0.1, -0.05) is 6.07 Å². The molecule has 0 heterocycles. The van der Waals surface area contributed by atoms with Gasteiger partial charge in [0.15, 0.2) is 0 Å². The molecule has 0 aliphatic rings. The third-order valence-corrected chi connectivity index (χ3v) is 3.46. The normalized spacial score (nSPS) is 11.6. The van der Waals surface area contributed by atoms with Crippen molar-refractivity contribution >= 4 is 11.4 Å². The summed E-state index contributed by atoms with van der Waals surface area (Å²) in [5.41, 5.74) is 9.70. The number of rotatable bonds is 4. The second-order valence-electron chi connectivity index (χ2n) is 4.90. The monoisotopic (exact) mass is 281 g/mol. The van der Waals surface area contributed by atoms with Gasteiger partial charge in [-0.2, -0.15) is 5.26 Å². The number of nitriles is 1. The maximum absolute atomic E-state index is 8.87. The molecule has 0 saturated carbocycles. The molecule has 4 nitrogen and oxygen atoms in total. The van der Waals surface area contributed by atoms with Crippen LogP contribution in [0.15, 0.2) is 42.5 Å². The number of hydrogen-bond donors (Lipinski definition) is 1. The zero-order valence-electron chi connectivity index (χ0n) is 12.5. The molecule has 108 valence electrons. The number of hydrogen-bond acceptors (Lipinski definition) is 4. The van der Waals surface area contributed by atoms with E-state index in [1.807, 2.05) is 49.2 Å². The van der Waals surface area contributed by atoms with Gasteiger partial charge in [0, 0.05) is 30.0 Å². The summed E-state index contributed by atoms with van der Waals surface area (Å²) in [6, 6.07) is 15.3. The van der Waals surface area contributed by atoms with Crippen LogP contribution in [0, 0.1) is 11.3 Å². The van der Waals surface area contributed by atoms with Crippen molar-refractivity contribution in [3.05, 3.63) is 53.6 Å². The Balaban J connectivity index is 2.47. The van der Waals surface area contributed by atoms with E-state index in [1.165, 1.54) is 0 Å². The third-order valence-electron chi connectivity index (χ3n) is 3.46. The first-order valence-electron chi connectivity index (χ1n) is 6.75. The highest BCUT2D eigenvalue weighted by molar-refractivity contribution is 5.69. The van der Waals surface area contributed by atoms with Crippen LogP contribution in [0.5, 0.6) is 5.75 Å². The predicted octanol–water partition coefficient (Wildman–Crippen LogP) is 3.35. The topological polar surface area (TPSA) is 62.3 Å². The molecular formula is C17H19N3O. The Morgan fingerprint density at radius 2 is 1.86 bits per heavy atom. The lowest BCUT2D eigenvalue weighted by Gasteiger charge is -2.25. The number of anilines is 2. The first kappa shape index (κ1) is 14.9. The van der Waals surface area contributed by atoms with E-state index < -0.39 is 0 Å². The summed E-state index contributed by atoms with van der Waals surface area (Å²) in [6.07, 6.45) is 0. The van der Waals surface area contributed by atoms with Gasteiger partial charge in [0.1, 0.15) is 5.75 Å². The highest BCUT2D eigenvalue weighted by atomic mass is 16.5. The summed E-state index contributed by atoms with van der Waals surface area (Å²) in [5.74, 6) is 0.781. The molecule has 4 heteroatoms. The van der Waals surface area contributed by atoms with Gasteiger partial charge in [-0.15, -0.1) is 0 Å². The molecule has 21 heavy (non-hydrogen) atoms. The smallest absolute Gasteiger partial charge is 0.125 e. The van der Waals surface area contributed by atoms with E-state index >= 15 is 0 Å². The first-order valence-corrected chi connectivity index (χ1v) is 6.75. The molecule has 0 radical (unpaired) electrons. The fraction of sp³-hybridized carbons (Fsp3) is 0.235. The van der Waals surface area contributed by atoms with Gasteiger partial charge in [0.25, 0.3) is 0 Å². The van der Waals surface area contributed by atoms with Gasteiger partial charge < -0.3 is 15.4 Å². The first-order chi connectivity index (χ1) is 10.1. The predicted molar refractivity (Wildman–Crippen MR) is 84.8 cm³/mol. The van der Waals surface area contributed by atoms with Gasteiger partial charge in [0.05, 0.1) is 18.7 Å². The van der Waals surface area contributed by atoms with E-state index in [-0.39, 0.29) is 6.04 Å². The van der Waals surface area contributed by atoms with Gasteiger partial charge in [-0.25, -0.2) is 0 Å². The molecule has 0 amide bonds. The third kappa shape index (κ3) is 2.99. The average Bonchev–Trinajstić information content (AvgIpc) is 2.53. The SMILES string of the molecule is COc1cccc(N(C)c2ccc(C#N)cc2)c1[C@H](C)N. The summed E-state index contributed by atoms with van der Waals surface area (Å²) in [5, 5.41) is 8.87. The lowest BCUT2D eigenvalue weighted by Crippen LogP contribution is -2.16. The summed E-state index contributed by atoms with van der Waals surface area (Å²) in [6.45, 7) is 1.94. The van der Waals surface area contributed by atoms with E-state index in [9.17, 15) is 0 Å². The van der Waals surface area contributed by atoms with Crippen LogP contribution in [0.3, 0.4) is 0 Å². The van der Waals surface area contributed by atoms with Crippen LogP contribution in [0.25, 0.3) is 0 Å². The number of benzene rings is 2. The van der Waals surface area contributed by atoms with Crippen molar-refractivity contribution in [2.24, 2.45) is 5.73 Å². The highest BCUT2D eigenvalue weighted by Gasteiger charge is 2.16. The van der Waals surface area contributed by atoms with Crippen LogP contribution < -0.4 is 15.4 Å². The minimum atomic E-state index is -0.142. The molecule has 2 aromatic rings. The molecule has 0 spiro atoms. The second-order valence-corrected chi connectivity index (χ2v) is 4.90. The minimum absolute atomic E-state index is 0.142. The lowest BCUT2D eigenvalue weighted by atomic mass is 10.0. The molecule has 2 aromatic carbocycles. The average molecular weight is 281 g/mol. The van der Waals surface area contributed by atoms with Crippen LogP contribution >= 0.6 is 0 Å². The molecule has 0 aliphatic heterocycles. The highest BCUT2D eigenvalue weighted by Crippen LogP contribution is 2.36. The van der Waals surface area contributed by atoms with E-state index in [0.29, 0.717) is 5.56 Å². The van der Waals surface area contributed by atoms with Gasteiger partial charge in [-0.3, -0.25) is 0 Å². The zero-order chi connectivity index (χ0) is 15.4. The van der Waals surface area contributed by atoms with Crippen molar-refractivity contribution < 1.29 is 4.74 Å². The Morgan fingerprint density at radius 3 is 2.38 bits per heavy atom. The Bertz CT molecular complexity index is 657. The van der Waals surface area contributed by atoms with E-state index in [1.54, 1.807) is 19.2 Å². The minimum Gasteiger partial charge on any atom is -0.496 e. The quantitative estimate of drug-likeness (QED) is 0.933. The van der Waals surface area contributed by atoms with Gasteiger partial charge in [0.2, 0.25) is 0 Å². The molecular weight excluding hydrogens is 262 g/mol. The van der Waals surface area contributed by atoms with Crippen LogP contribution in [-0.4, -0.2) is 14.2 Å². The van der Waals surface area contributed by atoms with Crippen LogP contribution in [0.2, 0.25) is 0 Å². The molecule has 1 atom stereocenters. The summed E-state index contributed by atoms with van der Waals surface area (Å²) in [4.78, 5) is 2.04. The van der Waals surface area contributed by atoms with Crippen molar-refractivity contribution in [3.8, 4) is 11.8 Å². The Labute approximate surface area is 125 Å². The summed E-state index contributed by atoms with van der Waals surface area (Å²) >= 11 is 0. The standard InChI is InChI=1S/C17H19N3O/c1-12(19)17-15(5-4-6-16(17)21-3)20(2)14-9-7-13(11-18)8-10-14/h4-10,12H,19H2,1-3H3/t12-/m0/s1. The van der Waals surface area contributed by atoms with Gasteiger partial charge >= 0.3 is 0 Å². The molecule has 2 N–H and O–H groups in total. The maximum Gasteiger partial charge on any atom is 0.125 e. The fourth-order valence-corrected chi connectivity index (χ4v) is 2.36. The summed E-state index contributed by atoms with van der Waals surface area (Å²) in [7, 11) is 3.62. The van der Waals surface area contributed by atoms with Gasteiger partial charge in [-0.05, 0) is 43.3 Å². The number of ether oxygens (including phenoxy) is 1. The largest absolute Gasteiger partial charge is 0.496 e.